The SMILES string of the molecule is C/C(=N\NC(=O)c1cccc(C)c1)c1oc(C)cc1C. The maximum Gasteiger partial charge on any atom is 0.271 e. The number of nitrogens with zero attached hydrogens (tertiary/aromatic N) is 1. The molecule has 0 saturated carbocycles. The van der Waals surface area contributed by atoms with Crippen LogP contribution in [-0.2, 0) is 0 Å². The molecule has 4 nitrogen and oxygen atoms in total. The summed E-state index contributed by atoms with van der Waals surface area (Å²) in [4.78, 5) is 12.0. The third kappa shape index (κ3) is 3.15. The molecule has 4 heteroatoms. The van der Waals surface area contributed by atoms with Crippen molar-refractivity contribution >= 4 is 11.6 Å². The molecular weight excluding hydrogens is 252 g/mol. The van der Waals surface area contributed by atoms with E-state index in [1.54, 1.807) is 6.07 Å². The van der Waals surface area contributed by atoms with Crippen LogP contribution in [0.15, 0.2) is 39.9 Å². The summed E-state index contributed by atoms with van der Waals surface area (Å²) in [6.45, 7) is 7.59. The highest BCUT2D eigenvalue weighted by molar-refractivity contribution is 6.00. The van der Waals surface area contributed by atoms with Crippen LogP contribution in [0, 0.1) is 20.8 Å². The van der Waals surface area contributed by atoms with E-state index in [1.165, 1.54) is 0 Å². The third-order valence-corrected chi connectivity index (χ3v) is 2.97. The third-order valence-electron chi connectivity index (χ3n) is 2.97. The molecule has 0 fully saturated rings. The smallest absolute Gasteiger partial charge is 0.271 e. The molecule has 1 N–H and O–H groups in total. The van der Waals surface area contributed by atoms with E-state index in [-0.39, 0.29) is 5.91 Å². The molecule has 104 valence electrons. The zero-order valence-electron chi connectivity index (χ0n) is 12.2. The summed E-state index contributed by atoms with van der Waals surface area (Å²) >= 11 is 0. The van der Waals surface area contributed by atoms with Crippen LogP contribution in [0.3, 0.4) is 0 Å². The second-order valence-corrected chi connectivity index (χ2v) is 4.88. The topological polar surface area (TPSA) is 54.6 Å². The van der Waals surface area contributed by atoms with E-state index in [9.17, 15) is 4.79 Å². The number of nitrogens with one attached hydrogen (secondary N) is 1. The molecule has 1 aromatic carbocycles. The minimum atomic E-state index is -0.228. The minimum absolute atomic E-state index is 0.228. The van der Waals surface area contributed by atoms with Crippen LogP contribution in [-0.4, -0.2) is 11.6 Å². The van der Waals surface area contributed by atoms with Gasteiger partial charge in [0.25, 0.3) is 5.91 Å². The zero-order chi connectivity index (χ0) is 14.7. The van der Waals surface area contributed by atoms with Crippen LogP contribution in [0.5, 0.6) is 0 Å². The fourth-order valence-electron chi connectivity index (χ4n) is 2.04. The first-order valence-corrected chi connectivity index (χ1v) is 6.46. The van der Waals surface area contributed by atoms with Crippen molar-refractivity contribution in [2.75, 3.05) is 0 Å². The fraction of sp³-hybridized carbons (Fsp3) is 0.250. The van der Waals surface area contributed by atoms with Gasteiger partial charge in [-0.3, -0.25) is 4.79 Å². The van der Waals surface area contributed by atoms with Gasteiger partial charge in [-0.2, -0.15) is 5.10 Å². The second kappa shape index (κ2) is 5.74. The zero-order valence-corrected chi connectivity index (χ0v) is 12.2. The lowest BCUT2D eigenvalue weighted by atomic mass is 10.1. The molecule has 1 heterocycles. The summed E-state index contributed by atoms with van der Waals surface area (Å²) in [5.74, 6) is 1.30. The fourth-order valence-corrected chi connectivity index (χ4v) is 2.04. The Hall–Kier alpha value is -2.36. The Morgan fingerprint density at radius 3 is 2.55 bits per heavy atom. The van der Waals surface area contributed by atoms with Gasteiger partial charge in [-0.05, 0) is 51.5 Å². The van der Waals surface area contributed by atoms with Gasteiger partial charge in [0.05, 0.1) is 0 Å². The highest BCUT2D eigenvalue weighted by atomic mass is 16.3. The number of carbonyl (C=O) groups excluding carboxylic acids is 1. The first-order chi connectivity index (χ1) is 9.47. The number of hydrogen-bond acceptors (Lipinski definition) is 3. The van der Waals surface area contributed by atoms with Crippen LogP contribution in [0.1, 0.15) is 39.9 Å². The lowest BCUT2D eigenvalue weighted by Gasteiger charge is -2.03. The van der Waals surface area contributed by atoms with Crippen LogP contribution >= 0.6 is 0 Å². The number of rotatable bonds is 3. The lowest BCUT2D eigenvalue weighted by molar-refractivity contribution is 0.0954. The van der Waals surface area contributed by atoms with Gasteiger partial charge in [0.15, 0.2) is 5.76 Å². The van der Waals surface area contributed by atoms with Gasteiger partial charge < -0.3 is 4.42 Å². The normalized spacial score (nSPS) is 11.5. The van der Waals surface area contributed by atoms with E-state index in [0.717, 1.165) is 16.9 Å². The van der Waals surface area contributed by atoms with Gasteiger partial charge in [0, 0.05) is 5.56 Å². The van der Waals surface area contributed by atoms with Crippen molar-refractivity contribution in [1.29, 1.82) is 0 Å². The highest BCUT2D eigenvalue weighted by Crippen LogP contribution is 2.14. The van der Waals surface area contributed by atoms with Crippen LogP contribution in [0.4, 0.5) is 0 Å². The largest absolute Gasteiger partial charge is 0.460 e. The maximum absolute atomic E-state index is 12.0. The molecule has 0 bridgehead atoms. The summed E-state index contributed by atoms with van der Waals surface area (Å²) < 4.78 is 5.55. The van der Waals surface area contributed by atoms with Gasteiger partial charge in [-0.25, -0.2) is 5.43 Å². The molecule has 20 heavy (non-hydrogen) atoms. The molecular formula is C16H18N2O2. The van der Waals surface area contributed by atoms with E-state index < -0.39 is 0 Å². The van der Waals surface area contributed by atoms with E-state index in [0.29, 0.717) is 17.0 Å². The van der Waals surface area contributed by atoms with Gasteiger partial charge >= 0.3 is 0 Å². The number of hydrogen-bond donors (Lipinski definition) is 1. The predicted molar refractivity (Wildman–Crippen MR) is 79.0 cm³/mol. The van der Waals surface area contributed by atoms with Crippen LogP contribution < -0.4 is 5.43 Å². The number of benzene rings is 1. The highest BCUT2D eigenvalue weighted by Gasteiger charge is 2.09. The Morgan fingerprint density at radius 2 is 1.95 bits per heavy atom. The van der Waals surface area contributed by atoms with Crippen molar-refractivity contribution in [3.05, 3.63) is 58.5 Å². The standard InChI is InChI=1S/C16H18N2O2/c1-10-6-5-7-14(8-10)16(19)18-17-13(4)15-11(2)9-12(3)20-15/h5-9H,1-4H3,(H,18,19)/b17-13+. The molecule has 0 radical (unpaired) electrons. The van der Waals surface area contributed by atoms with E-state index in [4.69, 9.17) is 4.42 Å². The Kier molecular flexibility index (Phi) is 4.03. The lowest BCUT2D eigenvalue weighted by Crippen LogP contribution is -2.19. The molecule has 0 saturated heterocycles. The van der Waals surface area contributed by atoms with Crippen LogP contribution in [0.25, 0.3) is 0 Å². The maximum atomic E-state index is 12.0. The van der Waals surface area contributed by atoms with Crippen LogP contribution in [0.2, 0.25) is 0 Å². The molecule has 2 rings (SSSR count). The number of hydrazone groups is 1. The molecule has 0 aliphatic carbocycles. The molecule has 0 aliphatic heterocycles. The Bertz CT molecular complexity index is 669. The summed E-state index contributed by atoms with van der Waals surface area (Å²) in [6, 6.07) is 9.32. The van der Waals surface area contributed by atoms with Gasteiger partial charge in [-0.15, -0.1) is 0 Å². The van der Waals surface area contributed by atoms with Crippen molar-refractivity contribution in [1.82, 2.24) is 5.43 Å². The van der Waals surface area contributed by atoms with Crippen molar-refractivity contribution in [2.45, 2.75) is 27.7 Å². The Morgan fingerprint density at radius 1 is 1.20 bits per heavy atom. The quantitative estimate of drug-likeness (QED) is 0.686. The molecule has 0 unspecified atom stereocenters. The molecule has 1 amide bonds. The Balaban J connectivity index is 2.13. The molecule has 1 aromatic heterocycles. The van der Waals surface area contributed by atoms with Crippen molar-refractivity contribution in [3.63, 3.8) is 0 Å². The number of furan rings is 1. The van der Waals surface area contributed by atoms with Gasteiger partial charge in [0.2, 0.25) is 0 Å². The number of aryl methyl sites for hydroxylation is 3. The average Bonchev–Trinajstić information content (AvgIpc) is 2.74. The molecule has 0 aliphatic rings. The van der Waals surface area contributed by atoms with Crippen molar-refractivity contribution in [3.8, 4) is 0 Å². The van der Waals surface area contributed by atoms with Crippen molar-refractivity contribution in [2.24, 2.45) is 5.10 Å². The Labute approximate surface area is 118 Å². The second-order valence-electron chi connectivity index (χ2n) is 4.88. The molecule has 0 spiro atoms. The van der Waals surface area contributed by atoms with Crippen molar-refractivity contribution < 1.29 is 9.21 Å². The number of amides is 1. The predicted octanol–water partition coefficient (Wildman–Crippen LogP) is 3.36. The summed E-state index contributed by atoms with van der Waals surface area (Å²) in [5, 5.41) is 4.10. The first kappa shape index (κ1) is 14.1. The molecule has 0 atom stereocenters. The molecule has 2 aromatic rings. The summed E-state index contributed by atoms with van der Waals surface area (Å²) in [7, 11) is 0. The first-order valence-electron chi connectivity index (χ1n) is 6.46. The summed E-state index contributed by atoms with van der Waals surface area (Å²) in [6.07, 6.45) is 0. The van der Waals surface area contributed by atoms with E-state index >= 15 is 0 Å². The number of carbonyl (C=O) groups is 1. The van der Waals surface area contributed by atoms with Gasteiger partial charge in [0.1, 0.15) is 11.5 Å². The summed E-state index contributed by atoms with van der Waals surface area (Å²) in [5.41, 5.74) is 5.84. The average molecular weight is 270 g/mol. The van der Waals surface area contributed by atoms with Gasteiger partial charge in [-0.1, -0.05) is 17.7 Å². The minimum Gasteiger partial charge on any atom is -0.460 e. The van der Waals surface area contributed by atoms with E-state index in [2.05, 4.69) is 10.5 Å². The monoisotopic (exact) mass is 270 g/mol. The van der Waals surface area contributed by atoms with E-state index in [1.807, 2.05) is 52.0 Å².